The van der Waals surface area contributed by atoms with E-state index >= 15 is 0 Å². The summed E-state index contributed by atoms with van der Waals surface area (Å²) in [5, 5.41) is 0. The summed E-state index contributed by atoms with van der Waals surface area (Å²) in [6.07, 6.45) is 9.01. The molecule has 3 unspecified atom stereocenters. The summed E-state index contributed by atoms with van der Waals surface area (Å²) < 4.78 is 0. The van der Waals surface area contributed by atoms with Crippen molar-refractivity contribution in [3.63, 3.8) is 0 Å². The number of nitrogens with one attached hydrogen (secondary N) is 1. The maximum absolute atomic E-state index is 5.73. The molecule has 90 valence electrons. The van der Waals surface area contributed by atoms with E-state index in [0.717, 1.165) is 30.6 Å². The number of alkyl halides is 1. The monoisotopic (exact) mass is 232 g/mol. The van der Waals surface area contributed by atoms with Gasteiger partial charge in [-0.1, -0.05) is 26.2 Å². The van der Waals surface area contributed by atoms with Crippen LogP contribution in [0.2, 0.25) is 0 Å². The third kappa shape index (κ3) is 4.29. The third-order valence-electron chi connectivity index (χ3n) is 3.83. The van der Waals surface area contributed by atoms with Gasteiger partial charge in [-0.05, 0) is 37.5 Å². The van der Waals surface area contributed by atoms with Crippen molar-refractivity contribution >= 4 is 11.6 Å². The maximum atomic E-state index is 5.73. The molecule has 0 radical (unpaired) electrons. The Balaban J connectivity index is 2.37. The molecule has 0 aliphatic heterocycles. The summed E-state index contributed by atoms with van der Waals surface area (Å²) in [6, 6.07) is 0.484. The van der Waals surface area contributed by atoms with Crippen molar-refractivity contribution in [3.8, 4) is 0 Å². The number of hydrogen-bond donors (Lipinski definition) is 2. The summed E-state index contributed by atoms with van der Waals surface area (Å²) in [4.78, 5) is 0. The fourth-order valence-corrected chi connectivity index (χ4v) is 2.98. The van der Waals surface area contributed by atoms with Crippen molar-refractivity contribution in [2.24, 2.45) is 17.7 Å². The molecule has 3 N–H and O–H groups in total. The lowest BCUT2D eigenvalue weighted by Crippen LogP contribution is -2.42. The number of hydrogen-bond acceptors (Lipinski definition) is 2. The Morgan fingerprint density at radius 3 is 2.87 bits per heavy atom. The van der Waals surface area contributed by atoms with Crippen molar-refractivity contribution in [2.75, 3.05) is 5.88 Å². The molecule has 0 aromatic rings. The van der Waals surface area contributed by atoms with E-state index in [0.29, 0.717) is 6.04 Å². The highest BCUT2D eigenvalue weighted by Crippen LogP contribution is 2.33. The fourth-order valence-electron chi connectivity index (χ4n) is 2.82. The highest BCUT2D eigenvalue weighted by Gasteiger charge is 2.26. The summed E-state index contributed by atoms with van der Waals surface area (Å²) in [5.74, 6) is 8.09. The van der Waals surface area contributed by atoms with Gasteiger partial charge in [0.25, 0.3) is 0 Å². The van der Waals surface area contributed by atoms with Crippen LogP contribution in [0.5, 0.6) is 0 Å². The first-order valence-corrected chi connectivity index (χ1v) is 6.87. The molecule has 1 rings (SSSR count). The van der Waals surface area contributed by atoms with Gasteiger partial charge in [-0.15, -0.1) is 11.6 Å². The largest absolute Gasteiger partial charge is 0.271 e. The Hall–Kier alpha value is 0.210. The summed E-state index contributed by atoms with van der Waals surface area (Å²) in [5.41, 5.74) is 2.99. The van der Waals surface area contributed by atoms with Gasteiger partial charge in [0.2, 0.25) is 0 Å². The van der Waals surface area contributed by atoms with Crippen LogP contribution in [0.4, 0.5) is 0 Å². The Kier molecular flexibility index (Phi) is 6.62. The number of halogens is 1. The van der Waals surface area contributed by atoms with Gasteiger partial charge < -0.3 is 0 Å². The van der Waals surface area contributed by atoms with Gasteiger partial charge in [0.1, 0.15) is 0 Å². The second kappa shape index (κ2) is 7.48. The Morgan fingerprint density at radius 1 is 1.47 bits per heavy atom. The molecule has 15 heavy (non-hydrogen) atoms. The average Bonchev–Trinajstić information content (AvgIpc) is 2.30. The van der Waals surface area contributed by atoms with Crippen LogP contribution in [0, 0.1) is 11.8 Å². The predicted molar refractivity (Wildman–Crippen MR) is 66.8 cm³/mol. The molecule has 1 aliphatic carbocycles. The summed E-state index contributed by atoms with van der Waals surface area (Å²) >= 11 is 5.73. The zero-order chi connectivity index (χ0) is 11.1. The molecule has 3 atom stereocenters. The van der Waals surface area contributed by atoms with Gasteiger partial charge >= 0.3 is 0 Å². The van der Waals surface area contributed by atoms with E-state index in [9.17, 15) is 0 Å². The quantitative estimate of drug-likeness (QED) is 0.420. The first-order valence-electron chi connectivity index (χ1n) is 6.33. The smallest absolute Gasteiger partial charge is 0.0239 e. The van der Waals surface area contributed by atoms with Crippen LogP contribution in [0.25, 0.3) is 0 Å². The first kappa shape index (κ1) is 13.3. The predicted octanol–water partition coefficient (Wildman–Crippen LogP) is 3.05. The van der Waals surface area contributed by atoms with Crippen molar-refractivity contribution in [3.05, 3.63) is 0 Å². The zero-order valence-corrected chi connectivity index (χ0v) is 10.6. The van der Waals surface area contributed by atoms with E-state index in [4.69, 9.17) is 17.4 Å². The molecule has 0 heterocycles. The van der Waals surface area contributed by atoms with Crippen molar-refractivity contribution < 1.29 is 0 Å². The topological polar surface area (TPSA) is 38.0 Å². The molecule has 0 amide bonds. The van der Waals surface area contributed by atoms with Gasteiger partial charge in [-0.2, -0.15) is 0 Å². The zero-order valence-electron chi connectivity index (χ0n) is 9.84. The van der Waals surface area contributed by atoms with Crippen molar-refractivity contribution in [1.82, 2.24) is 5.43 Å². The van der Waals surface area contributed by atoms with E-state index in [1.807, 2.05) is 0 Å². The van der Waals surface area contributed by atoms with Crippen LogP contribution in [0.1, 0.15) is 51.9 Å². The van der Waals surface area contributed by atoms with E-state index < -0.39 is 0 Å². The lowest BCUT2D eigenvalue weighted by molar-refractivity contribution is 0.202. The molecule has 1 fully saturated rings. The van der Waals surface area contributed by atoms with E-state index in [-0.39, 0.29) is 0 Å². The number of nitrogens with two attached hydrogens (primary N) is 1. The Labute approximate surface area is 98.9 Å². The lowest BCUT2D eigenvalue weighted by Gasteiger charge is -2.34. The van der Waals surface area contributed by atoms with Gasteiger partial charge in [0.05, 0.1) is 0 Å². The molecule has 0 aromatic carbocycles. The van der Waals surface area contributed by atoms with Gasteiger partial charge in [-0.25, -0.2) is 0 Å². The number of hydrazine groups is 1. The van der Waals surface area contributed by atoms with Crippen LogP contribution in [0.15, 0.2) is 0 Å². The molecule has 2 nitrogen and oxygen atoms in total. The minimum absolute atomic E-state index is 0.484. The van der Waals surface area contributed by atoms with Gasteiger partial charge in [0.15, 0.2) is 0 Å². The molecule has 3 heteroatoms. The minimum Gasteiger partial charge on any atom is -0.271 e. The van der Waals surface area contributed by atoms with Gasteiger partial charge in [-0.3, -0.25) is 11.3 Å². The Morgan fingerprint density at radius 2 is 2.27 bits per heavy atom. The van der Waals surface area contributed by atoms with Crippen LogP contribution < -0.4 is 11.3 Å². The minimum atomic E-state index is 0.484. The first-order chi connectivity index (χ1) is 7.31. The standard InChI is InChI=1S/C12H25ClN2/c1-2-10-5-3-6-11(9-10)12(15-14)7-4-8-13/h10-12,15H,2-9,14H2,1H3. The molecule has 0 spiro atoms. The van der Waals surface area contributed by atoms with Crippen LogP contribution in [-0.4, -0.2) is 11.9 Å². The van der Waals surface area contributed by atoms with E-state index in [2.05, 4.69) is 12.3 Å². The second-order valence-corrected chi connectivity index (χ2v) is 5.18. The van der Waals surface area contributed by atoms with Crippen molar-refractivity contribution in [2.45, 2.75) is 57.9 Å². The number of rotatable bonds is 6. The van der Waals surface area contributed by atoms with Crippen LogP contribution >= 0.6 is 11.6 Å². The average molecular weight is 233 g/mol. The van der Waals surface area contributed by atoms with E-state index in [1.54, 1.807) is 0 Å². The molecule has 0 bridgehead atoms. The summed E-state index contributed by atoms with van der Waals surface area (Å²) in [7, 11) is 0. The Bertz CT molecular complexity index is 164. The second-order valence-electron chi connectivity index (χ2n) is 4.81. The van der Waals surface area contributed by atoms with Crippen LogP contribution in [-0.2, 0) is 0 Å². The SMILES string of the molecule is CCC1CCCC(C(CCCCl)NN)C1. The molecular formula is C12H25ClN2. The lowest BCUT2D eigenvalue weighted by atomic mass is 9.76. The highest BCUT2D eigenvalue weighted by molar-refractivity contribution is 6.17. The molecule has 0 aromatic heterocycles. The van der Waals surface area contributed by atoms with Crippen LogP contribution in [0.3, 0.4) is 0 Å². The molecular weight excluding hydrogens is 208 g/mol. The van der Waals surface area contributed by atoms with Crippen molar-refractivity contribution in [1.29, 1.82) is 0 Å². The fraction of sp³-hybridized carbons (Fsp3) is 1.00. The highest BCUT2D eigenvalue weighted by atomic mass is 35.5. The normalized spacial score (nSPS) is 29.0. The molecule has 1 aliphatic rings. The molecule has 1 saturated carbocycles. The summed E-state index contributed by atoms with van der Waals surface area (Å²) in [6.45, 7) is 2.30. The van der Waals surface area contributed by atoms with E-state index in [1.165, 1.54) is 32.1 Å². The molecule has 0 saturated heterocycles. The van der Waals surface area contributed by atoms with Gasteiger partial charge in [0, 0.05) is 11.9 Å². The maximum Gasteiger partial charge on any atom is 0.0239 e. The third-order valence-corrected chi connectivity index (χ3v) is 4.10.